The van der Waals surface area contributed by atoms with Gasteiger partial charge < -0.3 is 14.8 Å². The van der Waals surface area contributed by atoms with Gasteiger partial charge >= 0.3 is 17.8 Å². The first-order chi connectivity index (χ1) is 17.0. The predicted molar refractivity (Wildman–Crippen MR) is 127 cm³/mol. The number of aromatic amines is 1. The van der Waals surface area contributed by atoms with Crippen molar-refractivity contribution in [2.45, 2.75) is 31.7 Å². The quantitative estimate of drug-likeness (QED) is 0.382. The van der Waals surface area contributed by atoms with Crippen LogP contribution < -0.4 is 16.6 Å². The number of nitrogens with zero attached hydrogens (tertiary/aromatic N) is 1. The number of benzene rings is 2. The molecule has 0 aliphatic heterocycles. The molecule has 3 aromatic rings. The van der Waals surface area contributed by atoms with E-state index in [4.69, 9.17) is 9.47 Å². The molecule has 1 heterocycles. The number of rotatable bonds is 8. The predicted octanol–water partition coefficient (Wildman–Crippen LogP) is 2.69. The van der Waals surface area contributed by atoms with E-state index in [2.05, 4.69) is 10.3 Å². The summed E-state index contributed by atoms with van der Waals surface area (Å²) in [7, 11) is 0. The van der Waals surface area contributed by atoms with E-state index in [0.717, 1.165) is 11.1 Å². The lowest BCUT2D eigenvalue weighted by Crippen LogP contribution is -2.46. The number of hydrogen-bond acceptors (Lipinski definition) is 6. The zero-order valence-electron chi connectivity index (χ0n) is 18.8. The van der Waals surface area contributed by atoms with Crippen LogP contribution in [0.15, 0.2) is 94.7 Å². The lowest BCUT2D eigenvalue weighted by molar-refractivity contribution is -0.148. The number of ether oxygens (including phenoxy) is 2. The lowest BCUT2D eigenvalue weighted by Gasteiger charge is -2.23. The number of hydrogen-bond donors (Lipinski definition) is 2. The summed E-state index contributed by atoms with van der Waals surface area (Å²) in [6.45, 7) is 0.102. The highest BCUT2D eigenvalue weighted by atomic mass is 16.6. The van der Waals surface area contributed by atoms with E-state index in [9.17, 15) is 19.2 Å². The number of nitrogens with one attached hydrogen (secondary N) is 2. The Labute approximate surface area is 201 Å². The standard InChI is InChI=1S/C26H25N3O6/c30-22-13-14-29(25(32)27-22)21-12-11-20(15-21)23(24(31)34-16-18-7-3-1-4-8-18)28-26(33)35-17-19-9-5-2-6-10-19/h1-14,20-21,23H,15-17H2,(H,28,33)(H,27,30,32)/t20-,21+,23+/m1/s1. The largest absolute Gasteiger partial charge is 0.459 e. The van der Waals surface area contributed by atoms with Crippen molar-refractivity contribution in [3.63, 3.8) is 0 Å². The van der Waals surface area contributed by atoms with Crippen LogP contribution in [-0.4, -0.2) is 27.7 Å². The molecule has 0 saturated heterocycles. The maximum Gasteiger partial charge on any atom is 0.408 e. The summed E-state index contributed by atoms with van der Waals surface area (Å²) in [5.41, 5.74) is 0.580. The fourth-order valence-corrected chi connectivity index (χ4v) is 3.90. The first-order valence-electron chi connectivity index (χ1n) is 11.2. The van der Waals surface area contributed by atoms with Gasteiger partial charge in [-0.15, -0.1) is 0 Å². The molecule has 180 valence electrons. The molecule has 0 saturated carbocycles. The summed E-state index contributed by atoms with van der Waals surface area (Å²) in [5.74, 6) is -1.07. The van der Waals surface area contributed by atoms with Crippen molar-refractivity contribution in [2.75, 3.05) is 0 Å². The summed E-state index contributed by atoms with van der Waals surface area (Å²) >= 11 is 0. The van der Waals surface area contributed by atoms with Crippen LogP contribution >= 0.6 is 0 Å². The van der Waals surface area contributed by atoms with Gasteiger partial charge in [0, 0.05) is 18.2 Å². The number of carbonyl (C=O) groups is 2. The molecule has 0 spiro atoms. The van der Waals surface area contributed by atoms with Crippen LogP contribution in [0.25, 0.3) is 0 Å². The van der Waals surface area contributed by atoms with Crippen LogP contribution in [0.3, 0.4) is 0 Å². The second kappa shape index (κ2) is 11.1. The Balaban J connectivity index is 1.45. The summed E-state index contributed by atoms with van der Waals surface area (Å²) in [6.07, 6.45) is 4.51. The second-order valence-electron chi connectivity index (χ2n) is 8.15. The third-order valence-corrected chi connectivity index (χ3v) is 5.69. The summed E-state index contributed by atoms with van der Waals surface area (Å²) in [4.78, 5) is 51.4. The third-order valence-electron chi connectivity index (χ3n) is 5.69. The monoisotopic (exact) mass is 475 g/mol. The van der Waals surface area contributed by atoms with E-state index in [1.54, 1.807) is 12.2 Å². The molecule has 2 aromatic carbocycles. The van der Waals surface area contributed by atoms with Gasteiger partial charge in [0.05, 0.1) is 6.04 Å². The van der Waals surface area contributed by atoms with E-state index < -0.39 is 41.3 Å². The highest BCUT2D eigenvalue weighted by Gasteiger charge is 2.35. The van der Waals surface area contributed by atoms with Gasteiger partial charge in [-0.05, 0) is 17.5 Å². The number of aromatic nitrogens is 2. The SMILES string of the molecule is O=C(N[C@H](C(=O)OCc1ccccc1)[C@@H]1C=C[C@H](n2ccc(=O)[nH]c2=O)C1)OCc1ccccc1. The van der Waals surface area contributed by atoms with Gasteiger partial charge in [-0.2, -0.15) is 0 Å². The molecule has 2 N–H and O–H groups in total. The van der Waals surface area contributed by atoms with Gasteiger partial charge in [0.15, 0.2) is 0 Å². The Hall–Kier alpha value is -4.40. The Morgan fingerprint density at radius 2 is 1.54 bits per heavy atom. The molecule has 35 heavy (non-hydrogen) atoms. The maximum atomic E-state index is 13.0. The molecular formula is C26H25N3O6. The van der Waals surface area contributed by atoms with Crippen molar-refractivity contribution in [1.29, 1.82) is 0 Å². The minimum absolute atomic E-state index is 0.0500. The molecule has 0 bridgehead atoms. The molecule has 3 atom stereocenters. The molecule has 0 radical (unpaired) electrons. The molecule has 0 unspecified atom stereocenters. The number of allylic oxidation sites excluding steroid dienone is 1. The number of alkyl carbamates (subject to hydrolysis) is 1. The summed E-state index contributed by atoms with van der Waals surface area (Å²) in [6, 6.07) is 18.2. The van der Waals surface area contributed by atoms with Crippen molar-refractivity contribution in [2.24, 2.45) is 5.92 Å². The molecule has 1 aromatic heterocycles. The molecule has 1 aliphatic rings. The van der Waals surface area contributed by atoms with Gasteiger partial charge in [0.1, 0.15) is 19.3 Å². The van der Waals surface area contributed by atoms with Crippen LogP contribution in [0.2, 0.25) is 0 Å². The fourth-order valence-electron chi connectivity index (χ4n) is 3.90. The van der Waals surface area contributed by atoms with Crippen molar-refractivity contribution in [3.05, 3.63) is 117 Å². The first kappa shape index (κ1) is 23.7. The lowest BCUT2D eigenvalue weighted by atomic mass is 9.98. The smallest absolute Gasteiger partial charge is 0.408 e. The molecule has 9 heteroatoms. The van der Waals surface area contributed by atoms with E-state index in [1.165, 1.54) is 16.8 Å². The minimum atomic E-state index is -1.03. The molecule has 4 rings (SSSR count). The molecule has 1 aliphatic carbocycles. The normalized spacial score (nSPS) is 17.5. The average molecular weight is 476 g/mol. The van der Waals surface area contributed by atoms with Crippen molar-refractivity contribution < 1.29 is 19.1 Å². The second-order valence-corrected chi connectivity index (χ2v) is 8.15. The van der Waals surface area contributed by atoms with E-state index >= 15 is 0 Å². The number of carbonyl (C=O) groups excluding carboxylic acids is 2. The fraction of sp³-hybridized carbons (Fsp3) is 0.231. The number of H-pyrrole nitrogens is 1. The van der Waals surface area contributed by atoms with E-state index in [0.29, 0.717) is 6.42 Å². The Bertz CT molecular complexity index is 1300. The molecule has 9 nitrogen and oxygen atoms in total. The van der Waals surface area contributed by atoms with Crippen molar-refractivity contribution >= 4 is 12.1 Å². The molecule has 1 amide bonds. The van der Waals surface area contributed by atoms with Crippen LogP contribution in [0.5, 0.6) is 0 Å². The van der Waals surface area contributed by atoms with Crippen LogP contribution in [-0.2, 0) is 27.5 Å². The van der Waals surface area contributed by atoms with Crippen molar-refractivity contribution in [3.8, 4) is 0 Å². The minimum Gasteiger partial charge on any atom is -0.459 e. The Morgan fingerprint density at radius 3 is 2.17 bits per heavy atom. The number of amides is 1. The zero-order valence-corrected chi connectivity index (χ0v) is 18.8. The maximum absolute atomic E-state index is 13.0. The third kappa shape index (κ3) is 6.35. The van der Waals surface area contributed by atoms with Crippen molar-refractivity contribution in [1.82, 2.24) is 14.9 Å². The van der Waals surface area contributed by atoms with Gasteiger partial charge in [0.2, 0.25) is 0 Å². The highest BCUT2D eigenvalue weighted by molar-refractivity contribution is 5.82. The van der Waals surface area contributed by atoms with Gasteiger partial charge in [0.25, 0.3) is 5.56 Å². The van der Waals surface area contributed by atoms with E-state index in [-0.39, 0.29) is 13.2 Å². The van der Waals surface area contributed by atoms with Crippen LogP contribution in [0, 0.1) is 5.92 Å². The van der Waals surface area contributed by atoms with E-state index in [1.807, 2.05) is 60.7 Å². The van der Waals surface area contributed by atoms with Crippen LogP contribution in [0.4, 0.5) is 4.79 Å². The highest BCUT2D eigenvalue weighted by Crippen LogP contribution is 2.29. The molecular weight excluding hydrogens is 450 g/mol. The average Bonchev–Trinajstić information content (AvgIpc) is 3.35. The van der Waals surface area contributed by atoms with Gasteiger partial charge in [-0.25, -0.2) is 14.4 Å². The van der Waals surface area contributed by atoms with Crippen LogP contribution in [0.1, 0.15) is 23.6 Å². The Morgan fingerprint density at radius 1 is 0.914 bits per heavy atom. The zero-order chi connectivity index (χ0) is 24.6. The Kier molecular flexibility index (Phi) is 7.57. The molecule has 0 fully saturated rings. The number of esters is 1. The van der Waals surface area contributed by atoms with Gasteiger partial charge in [-0.1, -0.05) is 72.8 Å². The summed E-state index contributed by atoms with van der Waals surface area (Å²) < 4.78 is 12.2. The first-order valence-corrected chi connectivity index (χ1v) is 11.2. The topological polar surface area (TPSA) is 119 Å². The summed E-state index contributed by atoms with van der Waals surface area (Å²) in [5, 5.41) is 2.63. The van der Waals surface area contributed by atoms with Gasteiger partial charge in [-0.3, -0.25) is 14.3 Å².